The Labute approximate surface area is 247 Å². The van der Waals surface area contributed by atoms with Crippen LogP contribution in [0.4, 0.5) is 0 Å². The van der Waals surface area contributed by atoms with E-state index >= 15 is 0 Å². The molecule has 6 rings (SSSR count). The van der Waals surface area contributed by atoms with E-state index < -0.39 is 19.1 Å². The van der Waals surface area contributed by atoms with Crippen molar-refractivity contribution in [3.63, 3.8) is 0 Å². The normalized spacial score (nSPS) is 19.9. The average molecular weight is 613 g/mol. The van der Waals surface area contributed by atoms with Crippen molar-refractivity contribution in [2.45, 2.75) is 21.5 Å². The summed E-state index contributed by atoms with van der Waals surface area (Å²) in [6.45, 7) is 3.12. The van der Waals surface area contributed by atoms with Gasteiger partial charge in [-0.3, -0.25) is 0 Å². The Morgan fingerprint density at radius 1 is 0.475 bits per heavy atom. The molecule has 40 heavy (non-hydrogen) atoms. The van der Waals surface area contributed by atoms with Crippen LogP contribution < -0.4 is 0 Å². The average Bonchev–Trinajstić information content (AvgIpc) is 3.67. The Hall–Kier alpha value is -2.65. The summed E-state index contributed by atoms with van der Waals surface area (Å²) < 4.78 is -0.0128. The molecule has 0 fully saturated rings. The van der Waals surface area contributed by atoms with Crippen LogP contribution in [0.1, 0.15) is 22.3 Å². The second-order valence-electron chi connectivity index (χ2n) is 11.2. The van der Waals surface area contributed by atoms with Gasteiger partial charge in [0.15, 0.2) is 0 Å². The van der Waals surface area contributed by atoms with E-state index in [1.54, 1.807) is 0 Å². The summed E-state index contributed by atoms with van der Waals surface area (Å²) in [6, 6.07) is 42.7. The van der Waals surface area contributed by atoms with Gasteiger partial charge in [0, 0.05) is 0 Å². The van der Waals surface area contributed by atoms with Gasteiger partial charge in [0.25, 0.3) is 0 Å². The van der Waals surface area contributed by atoms with Crippen molar-refractivity contribution in [3.8, 4) is 0 Å². The summed E-state index contributed by atoms with van der Waals surface area (Å²) in [6.07, 6.45) is 9.53. The van der Waals surface area contributed by atoms with Gasteiger partial charge in [-0.2, -0.15) is 0 Å². The Bertz CT molecular complexity index is 1520. The van der Waals surface area contributed by atoms with Crippen molar-refractivity contribution < 1.29 is 12.4 Å². The number of rotatable bonds is 7. The summed E-state index contributed by atoms with van der Waals surface area (Å²) >= 11 is -4.48. The van der Waals surface area contributed by atoms with Gasteiger partial charge in [-0.25, -0.2) is 0 Å². The van der Waals surface area contributed by atoms with E-state index in [0.717, 1.165) is 0 Å². The monoisotopic (exact) mass is 611 g/mol. The Morgan fingerprint density at radius 2 is 0.775 bits per heavy atom. The molecule has 4 aromatic carbocycles. The third-order valence-corrected chi connectivity index (χ3v) is 44.1. The zero-order valence-electron chi connectivity index (χ0n) is 22.8. The molecule has 0 radical (unpaired) electrons. The topological polar surface area (TPSA) is 0 Å². The molecule has 0 amide bonds. The molecule has 0 saturated carbocycles. The van der Waals surface area contributed by atoms with Crippen LogP contribution >= 0.6 is 18.6 Å². The summed E-state index contributed by atoms with van der Waals surface area (Å²) in [5.41, 5.74) is 9.77. The quantitative estimate of drug-likeness (QED) is 0.182. The van der Waals surface area contributed by atoms with Crippen molar-refractivity contribution in [1.82, 2.24) is 0 Å². The van der Waals surface area contributed by atoms with Crippen molar-refractivity contribution >= 4 is 47.6 Å². The van der Waals surface area contributed by atoms with Gasteiger partial charge >= 0.3 is 249 Å². The molecule has 0 nitrogen and oxygen atoms in total. The standard InChI is InChI=1S/2C17H13.C2H7Si.2ClH.Ti/c2*1-3-7-14(8-4-1)16-11-12-17(13-16)15-9-5-2-6-10-15;1-3-2;;;/h2*1-13H;3H,1-2H3;2*1H;/q;;;;;+2/p-2. The predicted octanol–water partition coefficient (Wildman–Crippen LogP) is 10.9. The molecule has 0 heterocycles. The number of benzene rings is 4. The molecule has 0 spiro atoms. The van der Waals surface area contributed by atoms with Crippen LogP contribution in [0.25, 0.3) is 22.3 Å². The molecule has 0 bridgehead atoms. The zero-order valence-corrected chi connectivity index (χ0v) is 27.1. The predicted molar refractivity (Wildman–Crippen MR) is 176 cm³/mol. The molecule has 4 aromatic rings. The molecule has 2 aliphatic rings. The minimum atomic E-state index is -4.48. The van der Waals surface area contributed by atoms with Gasteiger partial charge in [-0.1, -0.05) is 0 Å². The summed E-state index contributed by atoms with van der Waals surface area (Å²) in [5, 5.41) is 0. The Balaban J connectivity index is 1.58. The van der Waals surface area contributed by atoms with Gasteiger partial charge in [0.2, 0.25) is 0 Å². The Kier molecular flexibility index (Phi) is 7.55. The van der Waals surface area contributed by atoms with E-state index in [2.05, 4.69) is 159 Å². The second kappa shape index (κ2) is 11.0. The van der Waals surface area contributed by atoms with E-state index in [-0.39, 0.29) is 8.45 Å². The summed E-state index contributed by atoms with van der Waals surface area (Å²) in [5.74, 6) is 0. The molecule has 2 unspecified atom stereocenters. The number of hydrogen-bond acceptors (Lipinski definition) is 0. The SMILES string of the molecule is C[SiH](C)[Ti]([Cl])([Cl])([CH]1C=C(c2ccccc2)C=C1c1ccccc1)[CH]1C=C(c2ccccc2)C=C1c1ccccc1. The number of halogens is 2. The van der Waals surface area contributed by atoms with Crippen LogP contribution in [0.5, 0.6) is 0 Å². The van der Waals surface area contributed by atoms with Crippen LogP contribution in [0.3, 0.4) is 0 Å². The first kappa shape index (κ1) is 27.5. The summed E-state index contributed by atoms with van der Waals surface area (Å²) in [7, 11) is 16.8. The van der Waals surface area contributed by atoms with Gasteiger partial charge in [-0.15, -0.1) is 0 Å². The van der Waals surface area contributed by atoms with Crippen LogP contribution in [-0.4, -0.2) is 6.66 Å². The second-order valence-corrected chi connectivity index (χ2v) is 40.6. The van der Waals surface area contributed by atoms with Gasteiger partial charge in [0.05, 0.1) is 0 Å². The zero-order chi connectivity index (χ0) is 27.8. The third kappa shape index (κ3) is 4.79. The van der Waals surface area contributed by atoms with E-state index in [0.29, 0.717) is 0 Å². The van der Waals surface area contributed by atoms with Crippen molar-refractivity contribution in [3.05, 3.63) is 168 Å². The van der Waals surface area contributed by atoms with E-state index in [1.165, 1.54) is 44.5 Å². The molecule has 0 N–H and O–H groups in total. The van der Waals surface area contributed by atoms with Crippen LogP contribution in [-0.2, 0) is 12.4 Å². The maximum absolute atomic E-state index is 8.38. The van der Waals surface area contributed by atoms with Gasteiger partial charge in [-0.05, 0) is 0 Å². The molecular weight excluding hydrogens is 579 g/mol. The van der Waals surface area contributed by atoms with E-state index in [4.69, 9.17) is 18.6 Å². The van der Waals surface area contributed by atoms with Crippen molar-refractivity contribution in [2.75, 3.05) is 0 Å². The Morgan fingerprint density at radius 3 is 1.07 bits per heavy atom. The first-order valence-corrected chi connectivity index (χ1v) is 25.7. The van der Waals surface area contributed by atoms with Crippen molar-refractivity contribution in [1.29, 1.82) is 0 Å². The van der Waals surface area contributed by atoms with E-state index in [1.807, 2.05) is 0 Å². The fraction of sp³-hybridized carbons (Fsp3) is 0.111. The molecule has 2 atom stereocenters. The van der Waals surface area contributed by atoms with Gasteiger partial charge in [0.1, 0.15) is 0 Å². The third-order valence-electron chi connectivity index (χ3n) is 8.70. The molecule has 2 aliphatic carbocycles. The fourth-order valence-electron chi connectivity index (χ4n) is 6.38. The van der Waals surface area contributed by atoms with E-state index in [9.17, 15) is 0 Å². The molecule has 199 valence electrons. The van der Waals surface area contributed by atoms with Crippen molar-refractivity contribution in [2.24, 2.45) is 0 Å². The molecule has 0 aliphatic heterocycles. The fourth-order valence-corrected chi connectivity index (χ4v) is 24.6. The van der Waals surface area contributed by atoms with Gasteiger partial charge < -0.3 is 0 Å². The first-order valence-electron chi connectivity index (χ1n) is 14.0. The molecule has 0 aromatic heterocycles. The van der Waals surface area contributed by atoms with Crippen LogP contribution in [0.2, 0.25) is 21.5 Å². The molecular formula is C36H33Cl2SiTi. The first-order chi connectivity index (χ1) is 19.4. The maximum atomic E-state index is 8.38. The molecule has 4 heteroatoms. The molecule has 0 saturated heterocycles. The van der Waals surface area contributed by atoms with Crippen LogP contribution in [0.15, 0.2) is 146 Å². The summed E-state index contributed by atoms with van der Waals surface area (Å²) in [4.78, 5) is 0. The minimum absolute atomic E-state index is 0.00640. The number of allylic oxidation sites excluding steroid dienone is 8. The van der Waals surface area contributed by atoms with Crippen LogP contribution in [0, 0.1) is 0 Å². The number of hydrogen-bond donors (Lipinski definition) is 0.